The summed E-state index contributed by atoms with van der Waals surface area (Å²) in [7, 11) is 0. The number of rotatable bonds is 1. The molecule has 82 valence electrons. The van der Waals surface area contributed by atoms with Crippen LogP contribution in [0.1, 0.15) is 26.7 Å². The summed E-state index contributed by atoms with van der Waals surface area (Å²) >= 11 is 0. The van der Waals surface area contributed by atoms with Crippen molar-refractivity contribution in [2.75, 3.05) is 26.2 Å². The fourth-order valence-corrected chi connectivity index (χ4v) is 1.54. The Kier molecular flexibility index (Phi) is 4.73. The van der Waals surface area contributed by atoms with Gasteiger partial charge in [-0.15, -0.1) is 0 Å². The van der Waals surface area contributed by atoms with Gasteiger partial charge in [0.15, 0.2) is 0 Å². The van der Waals surface area contributed by atoms with Crippen molar-refractivity contribution < 1.29 is 4.79 Å². The molecule has 2 N–H and O–H groups in total. The second kappa shape index (κ2) is 5.86. The highest BCUT2D eigenvalue weighted by Crippen LogP contribution is 1.99. The molecule has 0 radical (unpaired) electrons. The summed E-state index contributed by atoms with van der Waals surface area (Å²) in [5.74, 6) is 0. The van der Waals surface area contributed by atoms with Gasteiger partial charge in [0.2, 0.25) is 0 Å². The van der Waals surface area contributed by atoms with E-state index in [1.165, 1.54) is 0 Å². The van der Waals surface area contributed by atoms with Gasteiger partial charge in [-0.05, 0) is 33.2 Å². The highest BCUT2D eigenvalue weighted by Gasteiger charge is 2.14. The normalized spacial score (nSPS) is 18.9. The summed E-state index contributed by atoms with van der Waals surface area (Å²) in [4.78, 5) is 13.6. The van der Waals surface area contributed by atoms with Crippen LogP contribution in [0.15, 0.2) is 0 Å². The van der Waals surface area contributed by atoms with E-state index in [0.29, 0.717) is 0 Å². The van der Waals surface area contributed by atoms with Crippen LogP contribution in [0.5, 0.6) is 0 Å². The van der Waals surface area contributed by atoms with E-state index in [1.807, 2.05) is 18.7 Å². The molecular weight excluding hydrogens is 178 g/mol. The number of nitrogens with one attached hydrogen (secondary N) is 2. The van der Waals surface area contributed by atoms with Crippen molar-refractivity contribution in [2.24, 2.45) is 0 Å². The van der Waals surface area contributed by atoms with E-state index in [9.17, 15) is 4.79 Å². The smallest absolute Gasteiger partial charge is 0.317 e. The molecule has 0 aromatic heterocycles. The first-order chi connectivity index (χ1) is 6.70. The third-order valence-electron chi connectivity index (χ3n) is 2.29. The van der Waals surface area contributed by atoms with Gasteiger partial charge in [-0.2, -0.15) is 0 Å². The van der Waals surface area contributed by atoms with Gasteiger partial charge in [0.1, 0.15) is 0 Å². The van der Waals surface area contributed by atoms with E-state index in [0.717, 1.165) is 39.0 Å². The predicted molar refractivity (Wildman–Crippen MR) is 57.3 cm³/mol. The minimum absolute atomic E-state index is 0.0729. The Morgan fingerprint density at radius 2 is 2.07 bits per heavy atom. The largest absolute Gasteiger partial charge is 0.336 e. The molecule has 14 heavy (non-hydrogen) atoms. The van der Waals surface area contributed by atoms with Gasteiger partial charge in [-0.3, -0.25) is 0 Å². The molecule has 4 nitrogen and oxygen atoms in total. The van der Waals surface area contributed by atoms with Crippen molar-refractivity contribution in [2.45, 2.75) is 32.7 Å². The second-order valence-corrected chi connectivity index (χ2v) is 4.05. The fraction of sp³-hybridized carbons (Fsp3) is 0.900. The molecule has 1 aliphatic rings. The number of carbonyl (C=O) groups excluding carboxylic acids is 1. The van der Waals surface area contributed by atoms with Crippen molar-refractivity contribution in [3.63, 3.8) is 0 Å². The van der Waals surface area contributed by atoms with Gasteiger partial charge >= 0.3 is 6.03 Å². The van der Waals surface area contributed by atoms with Crippen molar-refractivity contribution in [3.8, 4) is 0 Å². The molecule has 4 heteroatoms. The number of amides is 2. The Morgan fingerprint density at radius 3 is 2.79 bits per heavy atom. The van der Waals surface area contributed by atoms with Crippen LogP contribution in [0, 0.1) is 0 Å². The third kappa shape index (κ3) is 3.96. The molecular formula is C10H21N3O. The Morgan fingerprint density at radius 1 is 1.29 bits per heavy atom. The van der Waals surface area contributed by atoms with Crippen LogP contribution >= 0.6 is 0 Å². The quantitative estimate of drug-likeness (QED) is 0.656. The summed E-state index contributed by atoms with van der Waals surface area (Å²) in [6, 6.07) is 0.296. The van der Waals surface area contributed by atoms with Gasteiger partial charge in [-0.1, -0.05) is 0 Å². The van der Waals surface area contributed by atoms with Gasteiger partial charge in [0, 0.05) is 25.7 Å². The summed E-state index contributed by atoms with van der Waals surface area (Å²) in [5, 5.41) is 6.22. The van der Waals surface area contributed by atoms with Crippen molar-refractivity contribution >= 4 is 6.03 Å². The first kappa shape index (κ1) is 11.3. The number of hydrogen-bond acceptors (Lipinski definition) is 2. The number of carbonyl (C=O) groups is 1. The zero-order valence-corrected chi connectivity index (χ0v) is 9.18. The van der Waals surface area contributed by atoms with Crippen LogP contribution in [-0.4, -0.2) is 43.2 Å². The molecule has 0 spiro atoms. The molecule has 1 fully saturated rings. The van der Waals surface area contributed by atoms with E-state index >= 15 is 0 Å². The number of urea groups is 1. The summed E-state index contributed by atoms with van der Waals surface area (Å²) < 4.78 is 0. The lowest BCUT2D eigenvalue weighted by Crippen LogP contribution is -2.47. The molecule has 0 unspecified atom stereocenters. The van der Waals surface area contributed by atoms with Crippen molar-refractivity contribution in [1.82, 2.24) is 15.5 Å². The lowest BCUT2D eigenvalue weighted by molar-refractivity contribution is 0.191. The zero-order chi connectivity index (χ0) is 10.4. The van der Waals surface area contributed by atoms with E-state index in [1.54, 1.807) is 0 Å². The predicted octanol–water partition coefficient (Wildman–Crippen LogP) is 0.790. The average Bonchev–Trinajstić information content (AvgIpc) is 2.00. The summed E-state index contributed by atoms with van der Waals surface area (Å²) in [5.41, 5.74) is 0. The molecule has 1 saturated heterocycles. The topological polar surface area (TPSA) is 44.4 Å². The first-order valence-corrected chi connectivity index (χ1v) is 5.46. The molecule has 2 amide bonds. The minimum Gasteiger partial charge on any atom is -0.336 e. The first-order valence-electron chi connectivity index (χ1n) is 5.46. The lowest BCUT2D eigenvalue weighted by atomic mass is 10.2. The number of hydrogen-bond donors (Lipinski definition) is 2. The van der Waals surface area contributed by atoms with Crippen LogP contribution in [0.3, 0.4) is 0 Å². The van der Waals surface area contributed by atoms with Gasteiger partial charge in [0.25, 0.3) is 0 Å². The Hall–Kier alpha value is -0.770. The molecule has 1 rings (SSSR count). The molecule has 0 aromatic rings. The average molecular weight is 199 g/mol. The summed E-state index contributed by atoms with van der Waals surface area (Å²) in [6.45, 7) is 7.67. The maximum absolute atomic E-state index is 11.7. The maximum Gasteiger partial charge on any atom is 0.317 e. The third-order valence-corrected chi connectivity index (χ3v) is 2.29. The Bertz CT molecular complexity index is 174. The Balaban J connectivity index is 2.35. The zero-order valence-electron chi connectivity index (χ0n) is 9.18. The molecule has 0 atom stereocenters. The monoisotopic (exact) mass is 199 g/mol. The maximum atomic E-state index is 11.7. The molecule has 0 saturated carbocycles. The van der Waals surface area contributed by atoms with E-state index < -0.39 is 0 Å². The van der Waals surface area contributed by atoms with Crippen LogP contribution in [0.25, 0.3) is 0 Å². The van der Waals surface area contributed by atoms with Crippen LogP contribution in [0.2, 0.25) is 0 Å². The van der Waals surface area contributed by atoms with E-state index in [-0.39, 0.29) is 12.1 Å². The van der Waals surface area contributed by atoms with Crippen molar-refractivity contribution in [3.05, 3.63) is 0 Å². The van der Waals surface area contributed by atoms with E-state index in [2.05, 4.69) is 10.6 Å². The van der Waals surface area contributed by atoms with Crippen molar-refractivity contribution in [1.29, 1.82) is 0 Å². The van der Waals surface area contributed by atoms with Crippen LogP contribution in [0.4, 0.5) is 4.79 Å². The molecule has 0 bridgehead atoms. The second-order valence-electron chi connectivity index (χ2n) is 4.05. The van der Waals surface area contributed by atoms with Gasteiger partial charge in [-0.25, -0.2) is 4.79 Å². The lowest BCUT2D eigenvalue weighted by Gasteiger charge is -2.26. The number of nitrogens with zero attached hydrogens (tertiary/aromatic N) is 1. The molecule has 1 aliphatic heterocycles. The molecule has 1 heterocycles. The fourth-order valence-electron chi connectivity index (χ4n) is 1.54. The van der Waals surface area contributed by atoms with E-state index in [4.69, 9.17) is 0 Å². The standard InChI is InChI=1S/C10H21N3O/c1-9(2)12-10(14)13-7-4-3-5-11-6-8-13/h9,11H,3-8H2,1-2H3,(H,12,14). The highest BCUT2D eigenvalue weighted by atomic mass is 16.2. The van der Waals surface area contributed by atoms with Gasteiger partial charge in [0.05, 0.1) is 0 Å². The summed E-state index contributed by atoms with van der Waals surface area (Å²) in [6.07, 6.45) is 2.25. The molecule has 0 aromatic carbocycles. The van der Waals surface area contributed by atoms with Crippen LogP contribution in [-0.2, 0) is 0 Å². The SMILES string of the molecule is CC(C)NC(=O)N1CCCCNCC1. The van der Waals surface area contributed by atoms with Crippen LogP contribution < -0.4 is 10.6 Å². The van der Waals surface area contributed by atoms with Gasteiger partial charge < -0.3 is 15.5 Å². The highest BCUT2D eigenvalue weighted by molar-refractivity contribution is 5.74. The molecule has 0 aliphatic carbocycles. The Labute approximate surface area is 86.0 Å². The minimum atomic E-state index is 0.0729.